The minimum Gasteiger partial charge on any atom is -0.471 e. The molecule has 1 aliphatic heterocycles. The number of hydrogen-bond donors (Lipinski definition) is 0. The van der Waals surface area contributed by atoms with Crippen molar-refractivity contribution in [2.75, 3.05) is 13.2 Å². The summed E-state index contributed by atoms with van der Waals surface area (Å²) in [4.78, 5) is 4.65. The highest BCUT2D eigenvalue weighted by Gasteiger charge is 2.26. The number of benzene rings is 1. The van der Waals surface area contributed by atoms with Gasteiger partial charge in [-0.2, -0.15) is 5.26 Å². The van der Waals surface area contributed by atoms with Gasteiger partial charge in [-0.25, -0.2) is 13.8 Å². The smallest absolute Gasteiger partial charge is 0.232 e. The number of ether oxygens (including phenoxy) is 2. The highest BCUT2D eigenvalue weighted by Crippen LogP contribution is 2.38. The Morgan fingerprint density at radius 2 is 1.89 bits per heavy atom. The van der Waals surface area contributed by atoms with Gasteiger partial charge in [-0.1, -0.05) is 6.42 Å². The molecule has 140 valence electrons. The molecule has 1 aliphatic carbocycles. The molecule has 1 saturated heterocycles. The fraction of sp³-hybridized carbons (Fsp3) is 0.429. The Kier molecular flexibility index (Phi) is 5.04. The lowest BCUT2D eigenvalue weighted by Gasteiger charge is -2.19. The molecule has 0 N–H and O–H groups in total. The molecule has 1 aromatic heterocycles. The molecule has 27 heavy (non-hydrogen) atoms. The first-order chi connectivity index (χ1) is 13.2. The molecule has 1 atom stereocenters. The lowest BCUT2D eigenvalue weighted by atomic mass is 9.92. The zero-order chi connectivity index (χ0) is 18.8. The van der Waals surface area contributed by atoms with Gasteiger partial charge < -0.3 is 9.47 Å². The molecule has 0 amide bonds. The molecule has 0 unspecified atom stereocenters. The van der Waals surface area contributed by atoms with Crippen LogP contribution in [0.1, 0.15) is 42.5 Å². The van der Waals surface area contributed by atoms with Crippen molar-refractivity contribution in [3.05, 3.63) is 46.7 Å². The Labute approximate surface area is 156 Å². The summed E-state index contributed by atoms with van der Waals surface area (Å²) >= 11 is 0. The normalized spacial score (nSPS) is 19.2. The van der Waals surface area contributed by atoms with E-state index in [4.69, 9.17) is 9.47 Å². The van der Waals surface area contributed by atoms with Gasteiger partial charge in [0.15, 0.2) is 0 Å². The van der Waals surface area contributed by atoms with E-state index in [1.807, 2.05) is 0 Å². The van der Waals surface area contributed by atoms with Crippen molar-refractivity contribution in [3.8, 4) is 23.1 Å². The number of nitriles is 1. The SMILES string of the molecule is N#Cc1c(O[C@H]2CCOC2)nc2c(c1-c1cc(F)cc(F)c1)CCCCC2. The molecular formula is C21H20F2N2O2. The van der Waals surface area contributed by atoms with E-state index in [2.05, 4.69) is 11.1 Å². The Morgan fingerprint density at radius 3 is 2.59 bits per heavy atom. The number of halogens is 2. The summed E-state index contributed by atoms with van der Waals surface area (Å²) < 4.78 is 39.1. The van der Waals surface area contributed by atoms with Crippen molar-refractivity contribution in [1.29, 1.82) is 5.26 Å². The van der Waals surface area contributed by atoms with Gasteiger partial charge in [0.2, 0.25) is 5.88 Å². The highest BCUT2D eigenvalue weighted by molar-refractivity contribution is 5.77. The zero-order valence-electron chi connectivity index (χ0n) is 14.9. The van der Waals surface area contributed by atoms with Crippen LogP contribution in [0.2, 0.25) is 0 Å². The number of fused-ring (bicyclic) bond motifs is 1. The number of nitrogens with zero attached hydrogens (tertiary/aromatic N) is 2. The summed E-state index contributed by atoms with van der Waals surface area (Å²) in [6.07, 6.45) is 5.08. The first-order valence-electron chi connectivity index (χ1n) is 9.32. The van der Waals surface area contributed by atoms with Gasteiger partial charge in [0, 0.05) is 23.7 Å². The van der Waals surface area contributed by atoms with E-state index in [1.54, 1.807) is 0 Å². The van der Waals surface area contributed by atoms with E-state index >= 15 is 0 Å². The number of pyridine rings is 1. The van der Waals surface area contributed by atoms with Crippen molar-refractivity contribution < 1.29 is 18.3 Å². The van der Waals surface area contributed by atoms with Crippen LogP contribution < -0.4 is 4.74 Å². The van der Waals surface area contributed by atoms with Gasteiger partial charge in [-0.3, -0.25) is 0 Å². The number of rotatable bonds is 3. The van der Waals surface area contributed by atoms with Crippen LogP contribution in [0.3, 0.4) is 0 Å². The van der Waals surface area contributed by atoms with Crippen molar-refractivity contribution >= 4 is 0 Å². The second-order valence-corrected chi connectivity index (χ2v) is 7.03. The van der Waals surface area contributed by atoms with E-state index in [0.717, 1.165) is 55.8 Å². The van der Waals surface area contributed by atoms with E-state index < -0.39 is 11.6 Å². The summed E-state index contributed by atoms with van der Waals surface area (Å²) in [5, 5.41) is 9.86. The summed E-state index contributed by atoms with van der Waals surface area (Å²) in [6.45, 7) is 1.06. The molecule has 4 rings (SSSR count). The monoisotopic (exact) mass is 370 g/mol. The number of aryl methyl sites for hydroxylation is 1. The van der Waals surface area contributed by atoms with Gasteiger partial charge in [-0.15, -0.1) is 0 Å². The first-order valence-corrected chi connectivity index (χ1v) is 9.32. The minimum absolute atomic E-state index is 0.162. The minimum atomic E-state index is -0.667. The molecule has 6 heteroatoms. The maximum Gasteiger partial charge on any atom is 0.232 e. The Balaban J connectivity index is 1.91. The fourth-order valence-electron chi connectivity index (χ4n) is 3.86. The molecule has 2 aromatic rings. The fourth-order valence-corrected chi connectivity index (χ4v) is 3.86. The lowest BCUT2D eigenvalue weighted by Crippen LogP contribution is -2.18. The van der Waals surface area contributed by atoms with Crippen LogP contribution in [-0.2, 0) is 17.6 Å². The Bertz CT molecular complexity index is 882. The molecule has 0 radical (unpaired) electrons. The number of aromatic nitrogens is 1. The largest absolute Gasteiger partial charge is 0.471 e. The van der Waals surface area contributed by atoms with Gasteiger partial charge >= 0.3 is 0 Å². The van der Waals surface area contributed by atoms with Gasteiger partial charge in [0.25, 0.3) is 0 Å². The highest BCUT2D eigenvalue weighted by atomic mass is 19.1. The Hall–Kier alpha value is -2.52. The standard InChI is InChI=1S/C21H20F2N2O2/c22-14-8-13(9-15(23)10-14)20-17-4-2-1-3-5-19(17)25-21(18(20)11-24)27-16-6-7-26-12-16/h8-10,16H,1-7,12H2/t16-/m0/s1. The van der Waals surface area contributed by atoms with Crippen LogP contribution >= 0.6 is 0 Å². The average molecular weight is 370 g/mol. The van der Waals surface area contributed by atoms with Crippen LogP contribution in [0, 0.1) is 23.0 Å². The Morgan fingerprint density at radius 1 is 1.11 bits per heavy atom. The zero-order valence-corrected chi connectivity index (χ0v) is 14.9. The van der Waals surface area contributed by atoms with Crippen LogP contribution in [0.5, 0.6) is 5.88 Å². The molecule has 1 fully saturated rings. The van der Waals surface area contributed by atoms with Crippen LogP contribution in [0.15, 0.2) is 18.2 Å². The lowest BCUT2D eigenvalue weighted by molar-refractivity contribution is 0.137. The van der Waals surface area contributed by atoms with Crippen LogP contribution in [0.25, 0.3) is 11.1 Å². The second-order valence-electron chi connectivity index (χ2n) is 7.03. The average Bonchev–Trinajstić information content (AvgIpc) is 3.03. The van der Waals surface area contributed by atoms with Gasteiger partial charge in [0.1, 0.15) is 29.4 Å². The van der Waals surface area contributed by atoms with E-state index in [0.29, 0.717) is 24.3 Å². The molecular weight excluding hydrogens is 350 g/mol. The number of hydrogen-bond acceptors (Lipinski definition) is 4. The molecule has 0 bridgehead atoms. The quantitative estimate of drug-likeness (QED) is 0.755. The molecule has 2 aliphatic rings. The van der Waals surface area contributed by atoms with Gasteiger partial charge in [0.05, 0.1) is 13.2 Å². The molecule has 1 aromatic carbocycles. The molecule has 0 spiro atoms. The third kappa shape index (κ3) is 3.65. The van der Waals surface area contributed by atoms with Crippen LogP contribution in [0.4, 0.5) is 8.78 Å². The van der Waals surface area contributed by atoms with Crippen molar-refractivity contribution in [3.63, 3.8) is 0 Å². The maximum atomic E-state index is 13.9. The summed E-state index contributed by atoms with van der Waals surface area (Å²) in [5.74, 6) is -1.09. The topological polar surface area (TPSA) is 55.1 Å². The maximum absolute atomic E-state index is 13.9. The van der Waals surface area contributed by atoms with Crippen LogP contribution in [-0.4, -0.2) is 24.3 Å². The van der Waals surface area contributed by atoms with E-state index in [9.17, 15) is 14.0 Å². The van der Waals surface area contributed by atoms with Crippen molar-refractivity contribution in [2.45, 2.75) is 44.6 Å². The molecule has 2 heterocycles. The predicted molar refractivity (Wildman–Crippen MR) is 95.4 cm³/mol. The summed E-state index contributed by atoms with van der Waals surface area (Å²) in [5.41, 5.74) is 2.92. The van der Waals surface area contributed by atoms with E-state index in [-0.39, 0.29) is 17.5 Å². The van der Waals surface area contributed by atoms with Crippen molar-refractivity contribution in [2.24, 2.45) is 0 Å². The first kappa shape index (κ1) is 17.9. The predicted octanol–water partition coefficient (Wildman–Crippen LogP) is 4.34. The molecule has 4 nitrogen and oxygen atoms in total. The van der Waals surface area contributed by atoms with Crippen molar-refractivity contribution in [1.82, 2.24) is 4.98 Å². The summed E-state index contributed by atoms with van der Waals surface area (Å²) in [7, 11) is 0. The third-order valence-electron chi connectivity index (χ3n) is 5.12. The molecule has 0 saturated carbocycles. The second kappa shape index (κ2) is 7.61. The van der Waals surface area contributed by atoms with E-state index in [1.165, 1.54) is 12.1 Å². The third-order valence-corrected chi connectivity index (χ3v) is 5.12. The van der Waals surface area contributed by atoms with Gasteiger partial charge in [-0.05, 0) is 48.9 Å². The summed E-state index contributed by atoms with van der Waals surface area (Å²) in [6, 6.07) is 5.55.